The second kappa shape index (κ2) is 7.31. The molecule has 5 nitrogen and oxygen atoms in total. The van der Waals surface area contributed by atoms with E-state index in [4.69, 9.17) is 14.7 Å². The fraction of sp³-hybridized carbons (Fsp3) is 0.0667. The van der Waals surface area contributed by atoms with Crippen molar-refractivity contribution in [2.75, 3.05) is 12.4 Å². The zero-order chi connectivity index (χ0) is 15.1. The summed E-state index contributed by atoms with van der Waals surface area (Å²) in [5.74, 6) is 0.971. The van der Waals surface area contributed by atoms with Crippen LogP contribution >= 0.6 is 15.9 Å². The van der Waals surface area contributed by atoms with Gasteiger partial charge in [0.05, 0.1) is 17.8 Å². The SMILES string of the molecule is COc1cc(O/C(C#N)=C/Nc2ccccc2)c(Br)cn1. The van der Waals surface area contributed by atoms with Gasteiger partial charge in [-0.1, -0.05) is 18.2 Å². The topological polar surface area (TPSA) is 67.2 Å². The lowest BCUT2D eigenvalue weighted by Gasteiger charge is -2.08. The van der Waals surface area contributed by atoms with E-state index in [0.29, 0.717) is 16.1 Å². The van der Waals surface area contributed by atoms with Gasteiger partial charge in [-0.3, -0.25) is 0 Å². The molecule has 0 bridgehead atoms. The molecule has 2 aromatic rings. The molecule has 0 amide bonds. The summed E-state index contributed by atoms with van der Waals surface area (Å²) in [7, 11) is 1.51. The van der Waals surface area contributed by atoms with Gasteiger partial charge < -0.3 is 14.8 Å². The normalized spacial score (nSPS) is 10.6. The van der Waals surface area contributed by atoms with Crippen LogP contribution in [-0.4, -0.2) is 12.1 Å². The molecular formula is C15H12BrN3O2. The minimum absolute atomic E-state index is 0.118. The van der Waals surface area contributed by atoms with Crippen LogP contribution < -0.4 is 14.8 Å². The molecule has 0 spiro atoms. The van der Waals surface area contributed by atoms with Crippen molar-refractivity contribution in [3.63, 3.8) is 0 Å². The number of para-hydroxylation sites is 1. The molecule has 0 radical (unpaired) electrons. The molecule has 0 aliphatic carbocycles. The molecule has 0 fully saturated rings. The number of rotatable bonds is 5. The van der Waals surface area contributed by atoms with E-state index in [0.717, 1.165) is 5.69 Å². The predicted octanol–water partition coefficient (Wildman–Crippen LogP) is 3.71. The average molecular weight is 346 g/mol. The van der Waals surface area contributed by atoms with Crippen molar-refractivity contribution in [2.24, 2.45) is 0 Å². The lowest BCUT2D eigenvalue weighted by Crippen LogP contribution is -1.99. The molecule has 0 aliphatic heterocycles. The number of benzene rings is 1. The van der Waals surface area contributed by atoms with Gasteiger partial charge in [-0.15, -0.1) is 0 Å². The summed E-state index contributed by atoms with van der Waals surface area (Å²) in [6.45, 7) is 0. The maximum absolute atomic E-state index is 9.14. The van der Waals surface area contributed by atoms with Crippen molar-refractivity contribution >= 4 is 21.6 Å². The van der Waals surface area contributed by atoms with Crippen LogP contribution in [0.4, 0.5) is 5.69 Å². The molecule has 1 aromatic heterocycles. The largest absolute Gasteiger partial charge is 0.481 e. The Labute approximate surface area is 131 Å². The third kappa shape index (κ3) is 4.23. The molecule has 0 saturated carbocycles. The Morgan fingerprint density at radius 2 is 2.14 bits per heavy atom. The fourth-order valence-electron chi connectivity index (χ4n) is 1.48. The van der Waals surface area contributed by atoms with Crippen LogP contribution in [-0.2, 0) is 0 Å². The number of nitrogens with zero attached hydrogens (tertiary/aromatic N) is 2. The third-order valence-electron chi connectivity index (χ3n) is 2.48. The lowest BCUT2D eigenvalue weighted by atomic mass is 10.3. The highest BCUT2D eigenvalue weighted by Gasteiger charge is 2.07. The van der Waals surface area contributed by atoms with Crippen molar-refractivity contribution in [1.82, 2.24) is 4.98 Å². The Bertz CT molecular complexity index is 681. The molecule has 6 heteroatoms. The number of anilines is 1. The van der Waals surface area contributed by atoms with Crippen LogP contribution in [0.25, 0.3) is 0 Å². The van der Waals surface area contributed by atoms with Crippen LogP contribution in [0, 0.1) is 11.3 Å². The summed E-state index contributed by atoms with van der Waals surface area (Å²) in [5.41, 5.74) is 0.861. The van der Waals surface area contributed by atoms with E-state index in [1.54, 1.807) is 12.3 Å². The Morgan fingerprint density at radius 1 is 1.38 bits per heavy atom. The standard InChI is InChI=1S/C15H12BrN3O2/c1-20-15-7-14(13(16)10-19-15)21-12(8-17)9-18-11-5-3-2-4-6-11/h2-7,9-10,18H,1H3/b12-9+. The lowest BCUT2D eigenvalue weighted by molar-refractivity contribution is 0.388. The number of hydrogen-bond donors (Lipinski definition) is 1. The molecule has 0 unspecified atom stereocenters. The zero-order valence-electron chi connectivity index (χ0n) is 11.2. The molecule has 2 rings (SSSR count). The maximum Gasteiger partial charge on any atom is 0.219 e. The van der Waals surface area contributed by atoms with E-state index < -0.39 is 0 Å². The summed E-state index contributed by atoms with van der Waals surface area (Å²) in [5, 5.41) is 12.1. The quantitative estimate of drug-likeness (QED) is 0.660. The molecule has 1 N–H and O–H groups in total. The van der Waals surface area contributed by atoms with Crippen LogP contribution in [0.3, 0.4) is 0 Å². The first-order valence-corrected chi connectivity index (χ1v) is 6.81. The highest BCUT2D eigenvalue weighted by Crippen LogP contribution is 2.28. The van der Waals surface area contributed by atoms with Gasteiger partial charge in [0, 0.05) is 18.0 Å². The highest BCUT2D eigenvalue weighted by molar-refractivity contribution is 9.10. The number of nitrogens with one attached hydrogen (secondary N) is 1. The highest BCUT2D eigenvalue weighted by atomic mass is 79.9. The van der Waals surface area contributed by atoms with Gasteiger partial charge in [-0.25, -0.2) is 4.98 Å². The summed E-state index contributed by atoms with van der Waals surface area (Å²) >= 11 is 3.31. The van der Waals surface area contributed by atoms with E-state index in [2.05, 4.69) is 26.2 Å². The number of ether oxygens (including phenoxy) is 2. The molecule has 1 heterocycles. The molecule has 106 valence electrons. The second-order valence-corrected chi connectivity index (χ2v) is 4.74. The van der Waals surface area contributed by atoms with Crippen molar-refractivity contribution in [2.45, 2.75) is 0 Å². The maximum atomic E-state index is 9.14. The first-order valence-electron chi connectivity index (χ1n) is 6.02. The van der Waals surface area contributed by atoms with Gasteiger partial charge >= 0.3 is 0 Å². The van der Waals surface area contributed by atoms with Gasteiger partial charge in [-0.2, -0.15) is 5.26 Å². The van der Waals surface area contributed by atoms with E-state index in [1.807, 2.05) is 36.4 Å². The first-order chi connectivity index (χ1) is 10.2. The number of hydrogen-bond acceptors (Lipinski definition) is 5. The molecule has 1 aromatic carbocycles. The fourth-order valence-corrected chi connectivity index (χ4v) is 1.78. The van der Waals surface area contributed by atoms with E-state index in [1.165, 1.54) is 13.3 Å². The monoisotopic (exact) mass is 345 g/mol. The molecule has 21 heavy (non-hydrogen) atoms. The van der Waals surface area contributed by atoms with E-state index in [-0.39, 0.29) is 5.76 Å². The van der Waals surface area contributed by atoms with Crippen LogP contribution in [0.5, 0.6) is 11.6 Å². The minimum atomic E-state index is 0.118. The van der Waals surface area contributed by atoms with Crippen LogP contribution in [0.1, 0.15) is 0 Å². The third-order valence-corrected chi connectivity index (χ3v) is 3.07. The van der Waals surface area contributed by atoms with E-state index >= 15 is 0 Å². The smallest absolute Gasteiger partial charge is 0.219 e. The minimum Gasteiger partial charge on any atom is -0.481 e. The van der Waals surface area contributed by atoms with Crippen molar-refractivity contribution < 1.29 is 9.47 Å². The Hall–Kier alpha value is -2.52. The number of nitriles is 1. The van der Waals surface area contributed by atoms with Crippen LogP contribution in [0.2, 0.25) is 0 Å². The van der Waals surface area contributed by atoms with E-state index in [9.17, 15) is 0 Å². The summed E-state index contributed by atoms with van der Waals surface area (Å²) < 4.78 is 11.2. The van der Waals surface area contributed by atoms with Crippen molar-refractivity contribution in [3.05, 3.63) is 59.0 Å². The van der Waals surface area contributed by atoms with Gasteiger partial charge in [0.1, 0.15) is 11.8 Å². The number of methoxy groups -OCH3 is 1. The number of pyridine rings is 1. The second-order valence-electron chi connectivity index (χ2n) is 3.89. The summed E-state index contributed by atoms with van der Waals surface area (Å²) in [6.07, 6.45) is 3.04. The Morgan fingerprint density at radius 3 is 2.81 bits per heavy atom. The predicted molar refractivity (Wildman–Crippen MR) is 82.9 cm³/mol. The number of allylic oxidation sites excluding steroid dienone is 1. The Kier molecular flexibility index (Phi) is 5.18. The van der Waals surface area contributed by atoms with Gasteiger partial charge in [0.2, 0.25) is 11.6 Å². The molecular weight excluding hydrogens is 334 g/mol. The summed E-state index contributed by atoms with van der Waals surface area (Å²) in [6, 6.07) is 13.1. The van der Waals surface area contributed by atoms with Gasteiger partial charge in [0.25, 0.3) is 0 Å². The first kappa shape index (κ1) is 14.9. The zero-order valence-corrected chi connectivity index (χ0v) is 12.8. The number of halogens is 1. The molecule has 0 atom stereocenters. The summed E-state index contributed by atoms with van der Waals surface area (Å²) in [4.78, 5) is 4.02. The van der Waals surface area contributed by atoms with Crippen LogP contribution in [0.15, 0.2) is 59.0 Å². The molecule has 0 aliphatic rings. The van der Waals surface area contributed by atoms with Gasteiger partial charge in [-0.05, 0) is 28.1 Å². The van der Waals surface area contributed by atoms with Crippen molar-refractivity contribution in [1.29, 1.82) is 5.26 Å². The van der Waals surface area contributed by atoms with Gasteiger partial charge in [0.15, 0.2) is 0 Å². The average Bonchev–Trinajstić information content (AvgIpc) is 2.54. The number of aromatic nitrogens is 1. The van der Waals surface area contributed by atoms with Crippen molar-refractivity contribution in [3.8, 4) is 17.7 Å². The molecule has 0 saturated heterocycles. The Balaban J connectivity index is 2.14.